The minimum absolute atomic E-state index is 0.00345. The molecule has 0 bridgehead atoms. The number of aromatic nitrogens is 2. The van der Waals surface area contributed by atoms with E-state index in [0.29, 0.717) is 18.1 Å². The van der Waals surface area contributed by atoms with Crippen LogP contribution in [0.15, 0.2) is 11.4 Å². The lowest BCUT2D eigenvalue weighted by atomic mass is 10.8. The summed E-state index contributed by atoms with van der Waals surface area (Å²) in [6, 6.07) is 0. The number of nitrogens with zero attached hydrogens (tertiary/aromatic N) is 2. The Labute approximate surface area is 105 Å². The Balaban J connectivity index is 2.62. The molecule has 0 aliphatic carbocycles. The number of nitrogens with one attached hydrogen (secondary N) is 1. The van der Waals surface area contributed by atoms with E-state index in [1.54, 1.807) is 7.05 Å². The Morgan fingerprint density at radius 3 is 2.94 bits per heavy atom. The molecule has 3 N–H and O–H groups in total. The summed E-state index contributed by atoms with van der Waals surface area (Å²) in [5.74, 6) is 3.64. The van der Waals surface area contributed by atoms with Crippen LogP contribution in [-0.4, -0.2) is 36.0 Å². The van der Waals surface area contributed by atoms with Crippen LogP contribution in [0.25, 0.3) is 0 Å². The lowest BCUT2D eigenvalue weighted by Gasteiger charge is -2.07. The van der Waals surface area contributed by atoms with Gasteiger partial charge >= 0.3 is 0 Å². The van der Waals surface area contributed by atoms with Crippen molar-refractivity contribution in [2.45, 2.75) is 5.03 Å². The van der Waals surface area contributed by atoms with Gasteiger partial charge in [-0.25, -0.2) is 18.1 Å². The van der Waals surface area contributed by atoms with E-state index < -0.39 is 10.0 Å². The maximum absolute atomic E-state index is 11.9. The second-order valence-electron chi connectivity index (χ2n) is 3.20. The topological polar surface area (TPSA) is 90.0 Å². The molecule has 0 radical (unpaired) electrons. The minimum atomic E-state index is -3.61. The number of sulfonamides is 1. The molecule has 0 atom stereocenters. The van der Waals surface area contributed by atoms with Gasteiger partial charge in [-0.1, -0.05) is 5.92 Å². The average Bonchev–Trinajstić information content (AvgIpc) is 2.58. The third kappa shape index (κ3) is 3.66. The molecule has 1 aromatic rings. The summed E-state index contributed by atoms with van der Waals surface area (Å²) >= 11 is 1.48. The van der Waals surface area contributed by atoms with E-state index in [-0.39, 0.29) is 10.8 Å². The van der Waals surface area contributed by atoms with E-state index in [4.69, 9.17) is 12.2 Å². The molecule has 17 heavy (non-hydrogen) atoms. The van der Waals surface area contributed by atoms with Crippen LogP contribution in [0.5, 0.6) is 0 Å². The highest BCUT2D eigenvalue weighted by molar-refractivity contribution is 7.99. The summed E-state index contributed by atoms with van der Waals surface area (Å²) in [6.45, 7) is 0.305. The van der Waals surface area contributed by atoms with Crippen LogP contribution >= 0.6 is 11.8 Å². The Bertz CT molecular complexity index is 496. The van der Waals surface area contributed by atoms with Crippen molar-refractivity contribution < 1.29 is 8.42 Å². The van der Waals surface area contributed by atoms with Crippen molar-refractivity contribution in [1.82, 2.24) is 14.3 Å². The van der Waals surface area contributed by atoms with Gasteiger partial charge in [0.25, 0.3) is 10.0 Å². The molecule has 0 saturated heterocycles. The second kappa shape index (κ2) is 5.95. The summed E-state index contributed by atoms with van der Waals surface area (Å²) in [4.78, 5) is 3.73. The Morgan fingerprint density at radius 2 is 2.41 bits per heavy atom. The van der Waals surface area contributed by atoms with Crippen LogP contribution in [-0.2, 0) is 17.1 Å². The number of aryl methyl sites for hydroxylation is 1. The standard InChI is InChI=1S/C9H14N4O2S2/c1-3-5-16-6-4-12-17(14,15)9-8(10)11-7-13(9)2/h1,7,12H,4-6,10H2,2H3. The number of nitrogens with two attached hydrogens (primary N) is 1. The molecule has 0 unspecified atom stereocenters. The van der Waals surface area contributed by atoms with Gasteiger partial charge in [0.15, 0.2) is 10.8 Å². The van der Waals surface area contributed by atoms with E-state index in [9.17, 15) is 8.42 Å². The smallest absolute Gasteiger partial charge is 0.260 e. The molecular weight excluding hydrogens is 260 g/mol. The number of rotatable bonds is 6. The molecule has 0 aliphatic rings. The highest BCUT2D eigenvalue weighted by Gasteiger charge is 2.21. The van der Waals surface area contributed by atoms with Crippen LogP contribution in [0.4, 0.5) is 5.82 Å². The van der Waals surface area contributed by atoms with Gasteiger partial charge in [-0.3, -0.25) is 0 Å². The van der Waals surface area contributed by atoms with E-state index in [1.165, 1.54) is 22.7 Å². The predicted molar refractivity (Wildman–Crippen MR) is 69.0 cm³/mol. The highest BCUT2D eigenvalue weighted by Crippen LogP contribution is 2.14. The monoisotopic (exact) mass is 274 g/mol. The number of imidazole rings is 1. The zero-order chi connectivity index (χ0) is 12.9. The van der Waals surface area contributed by atoms with Crippen molar-refractivity contribution >= 4 is 27.6 Å². The molecule has 0 aliphatic heterocycles. The number of hydrogen-bond donors (Lipinski definition) is 2. The van der Waals surface area contributed by atoms with Crippen LogP contribution < -0.4 is 10.5 Å². The number of hydrogen-bond acceptors (Lipinski definition) is 5. The molecule has 1 heterocycles. The normalized spacial score (nSPS) is 11.3. The molecule has 0 spiro atoms. The molecule has 0 aromatic carbocycles. The van der Waals surface area contributed by atoms with E-state index in [1.807, 2.05) is 0 Å². The highest BCUT2D eigenvalue weighted by atomic mass is 32.2. The number of nitrogen functional groups attached to an aromatic ring is 1. The summed E-state index contributed by atoms with van der Waals surface area (Å²) in [5.41, 5.74) is 5.50. The molecule has 94 valence electrons. The molecule has 0 saturated carbocycles. The maximum Gasteiger partial charge on any atom is 0.260 e. The van der Waals surface area contributed by atoms with Gasteiger partial charge in [-0.2, -0.15) is 0 Å². The zero-order valence-electron chi connectivity index (χ0n) is 9.38. The Kier molecular flexibility index (Phi) is 4.86. The molecule has 0 amide bonds. The van der Waals surface area contributed by atoms with Gasteiger partial charge in [-0.15, -0.1) is 18.2 Å². The molecule has 6 nitrogen and oxygen atoms in total. The van der Waals surface area contributed by atoms with Crippen molar-refractivity contribution in [2.75, 3.05) is 23.8 Å². The molecule has 1 rings (SSSR count). The predicted octanol–water partition coefficient (Wildman–Crippen LogP) is -0.353. The SMILES string of the molecule is C#CCSCCNS(=O)(=O)c1c(N)ncn1C. The van der Waals surface area contributed by atoms with Gasteiger partial charge in [0, 0.05) is 19.3 Å². The maximum atomic E-state index is 11.9. The van der Waals surface area contributed by atoms with E-state index in [2.05, 4.69) is 15.6 Å². The first kappa shape index (κ1) is 13.9. The molecule has 0 fully saturated rings. The van der Waals surface area contributed by atoms with Gasteiger partial charge in [0.05, 0.1) is 12.1 Å². The zero-order valence-corrected chi connectivity index (χ0v) is 11.0. The van der Waals surface area contributed by atoms with E-state index >= 15 is 0 Å². The van der Waals surface area contributed by atoms with Crippen LogP contribution in [0.2, 0.25) is 0 Å². The van der Waals surface area contributed by atoms with Crippen molar-refractivity contribution in [3.8, 4) is 12.3 Å². The second-order valence-corrected chi connectivity index (χ2v) is 5.99. The minimum Gasteiger partial charge on any atom is -0.381 e. The van der Waals surface area contributed by atoms with Crippen LogP contribution in [0.1, 0.15) is 0 Å². The fourth-order valence-electron chi connectivity index (χ4n) is 1.21. The van der Waals surface area contributed by atoms with Crippen molar-refractivity contribution in [3.05, 3.63) is 6.33 Å². The third-order valence-corrected chi connectivity index (χ3v) is 4.34. The Morgan fingerprint density at radius 1 is 1.71 bits per heavy atom. The summed E-state index contributed by atoms with van der Waals surface area (Å²) in [5, 5.41) is -0.0144. The summed E-state index contributed by atoms with van der Waals surface area (Å²) in [7, 11) is -2.03. The number of terminal acetylenes is 1. The number of thioether (sulfide) groups is 1. The lowest BCUT2D eigenvalue weighted by molar-refractivity contribution is 0.574. The van der Waals surface area contributed by atoms with Gasteiger partial charge in [-0.05, 0) is 0 Å². The quantitative estimate of drug-likeness (QED) is 0.546. The van der Waals surface area contributed by atoms with Crippen molar-refractivity contribution in [3.63, 3.8) is 0 Å². The lowest BCUT2D eigenvalue weighted by Crippen LogP contribution is -2.28. The number of anilines is 1. The average molecular weight is 274 g/mol. The van der Waals surface area contributed by atoms with Crippen molar-refractivity contribution in [2.24, 2.45) is 7.05 Å². The molecule has 1 aromatic heterocycles. The largest absolute Gasteiger partial charge is 0.381 e. The first-order chi connectivity index (χ1) is 7.99. The van der Waals surface area contributed by atoms with Crippen molar-refractivity contribution in [1.29, 1.82) is 0 Å². The fourth-order valence-corrected chi connectivity index (χ4v) is 3.11. The van der Waals surface area contributed by atoms with Gasteiger partial charge in [0.1, 0.15) is 0 Å². The van der Waals surface area contributed by atoms with Crippen LogP contribution in [0, 0.1) is 12.3 Å². The first-order valence-electron chi connectivity index (χ1n) is 4.76. The van der Waals surface area contributed by atoms with Gasteiger partial charge < -0.3 is 10.3 Å². The summed E-state index contributed by atoms with van der Waals surface area (Å²) in [6.07, 6.45) is 6.43. The first-order valence-corrected chi connectivity index (χ1v) is 7.40. The summed E-state index contributed by atoms with van der Waals surface area (Å²) < 4.78 is 27.5. The van der Waals surface area contributed by atoms with Crippen LogP contribution in [0.3, 0.4) is 0 Å². The third-order valence-electron chi connectivity index (χ3n) is 1.89. The van der Waals surface area contributed by atoms with Gasteiger partial charge in [0.2, 0.25) is 0 Å². The Hall–Kier alpha value is -1.17. The fraction of sp³-hybridized carbons (Fsp3) is 0.444. The molecule has 8 heteroatoms. The molecular formula is C9H14N4O2S2. The van der Waals surface area contributed by atoms with E-state index in [0.717, 1.165) is 0 Å².